The van der Waals surface area contributed by atoms with Gasteiger partial charge in [0.1, 0.15) is 5.97 Å². The number of carbonyl (C=O) groups is 1. The molecule has 0 unspecified atom stereocenters. The van der Waals surface area contributed by atoms with Crippen LogP contribution in [0.15, 0.2) is 0 Å². The summed E-state index contributed by atoms with van der Waals surface area (Å²) in [6.07, 6.45) is 8.64. The molecule has 0 radical (unpaired) electrons. The smallest absolute Gasteiger partial charge is 0.333 e. The first-order valence-electron chi connectivity index (χ1n) is 6.24. The zero-order valence-corrected chi connectivity index (χ0v) is 11.2. The van der Waals surface area contributed by atoms with Gasteiger partial charge in [0.05, 0.1) is 0 Å². The molecule has 0 N–H and O–H groups in total. The molecule has 0 amide bonds. The molecule has 0 aliphatic rings. The fraction of sp³-hybridized carbons (Fsp3) is 0.917. The summed E-state index contributed by atoms with van der Waals surface area (Å²) in [7, 11) is 0. The Balaban J connectivity index is 3.27. The van der Waals surface area contributed by atoms with Gasteiger partial charge in [0, 0.05) is 0 Å². The highest BCUT2D eigenvalue weighted by atomic mass is 32.2. The number of thioether (sulfide) groups is 1. The first-order chi connectivity index (χ1) is 8.00. The van der Waals surface area contributed by atoms with E-state index in [1.165, 1.54) is 25.7 Å². The lowest BCUT2D eigenvalue weighted by atomic mass is 10.1. The molecular weight excluding hydrogens is 246 g/mol. The average molecular weight is 267 g/mol. The number of hydrogen-bond acceptors (Lipinski definition) is 3. The van der Waals surface area contributed by atoms with Crippen molar-refractivity contribution in [1.29, 1.82) is 0 Å². The highest BCUT2D eigenvalue weighted by Gasteiger charge is 2.30. The number of halogens is 2. The van der Waals surface area contributed by atoms with Crippen LogP contribution in [0.5, 0.6) is 0 Å². The first-order valence-corrected chi connectivity index (χ1v) is 7.22. The van der Waals surface area contributed by atoms with Gasteiger partial charge in [0.2, 0.25) is 0 Å². The van der Waals surface area contributed by atoms with E-state index >= 15 is 0 Å². The van der Waals surface area contributed by atoms with Gasteiger partial charge in [-0.3, -0.25) is 0 Å². The van der Waals surface area contributed by atoms with E-state index in [9.17, 15) is 18.7 Å². The predicted molar refractivity (Wildman–Crippen MR) is 65.0 cm³/mol. The standard InChI is InChI=1S/C12H22F2O2S/c1-2-3-4-5-6-7-8-9-10-17-12(13,14)11(15)16/h2-10H2,1H3,(H,15,16)/p-1. The number of carboxylic acid groups (broad SMARTS) is 1. The van der Waals surface area contributed by atoms with Gasteiger partial charge in [-0.15, -0.1) is 0 Å². The van der Waals surface area contributed by atoms with Crippen LogP contribution in [-0.4, -0.2) is 17.0 Å². The topological polar surface area (TPSA) is 40.1 Å². The van der Waals surface area contributed by atoms with Crippen LogP contribution in [-0.2, 0) is 4.79 Å². The lowest BCUT2D eigenvalue weighted by molar-refractivity contribution is -0.320. The number of carbonyl (C=O) groups excluding carboxylic acids is 1. The number of hydrogen-bond donors (Lipinski definition) is 0. The lowest BCUT2D eigenvalue weighted by Crippen LogP contribution is -2.39. The highest BCUT2D eigenvalue weighted by molar-refractivity contribution is 8.01. The third-order valence-corrected chi connectivity index (χ3v) is 3.54. The molecule has 0 fully saturated rings. The summed E-state index contributed by atoms with van der Waals surface area (Å²) in [5, 5.41) is 6.27. The molecule has 0 aromatic carbocycles. The SMILES string of the molecule is CCCCCCCCCCSC(F)(F)C(=O)[O-]. The van der Waals surface area contributed by atoms with Gasteiger partial charge in [0.15, 0.2) is 0 Å². The maximum absolute atomic E-state index is 12.6. The zero-order valence-electron chi connectivity index (χ0n) is 10.3. The molecule has 0 rings (SSSR count). The Hall–Kier alpha value is -0.320. The van der Waals surface area contributed by atoms with Crippen LogP contribution >= 0.6 is 11.8 Å². The Morgan fingerprint density at radius 2 is 1.53 bits per heavy atom. The first kappa shape index (κ1) is 16.7. The summed E-state index contributed by atoms with van der Waals surface area (Å²) in [4.78, 5) is 10.0. The molecule has 0 aliphatic carbocycles. The van der Waals surface area contributed by atoms with Crippen molar-refractivity contribution in [3.63, 3.8) is 0 Å². The molecule has 5 heteroatoms. The van der Waals surface area contributed by atoms with Crippen LogP contribution in [0.4, 0.5) is 8.78 Å². The van der Waals surface area contributed by atoms with E-state index < -0.39 is 11.2 Å². The average Bonchev–Trinajstić information content (AvgIpc) is 2.26. The fourth-order valence-corrected chi connectivity index (χ4v) is 2.22. The maximum Gasteiger partial charge on any atom is 0.333 e. The van der Waals surface area contributed by atoms with Crippen molar-refractivity contribution in [2.75, 3.05) is 5.75 Å². The maximum atomic E-state index is 12.6. The van der Waals surface area contributed by atoms with Crippen LogP contribution < -0.4 is 5.11 Å². The molecule has 0 atom stereocenters. The minimum atomic E-state index is -3.73. The van der Waals surface area contributed by atoms with Crippen molar-refractivity contribution >= 4 is 17.7 Å². The van der Waals surface area contributed by atoms with E-state index in [4.69, 9.17) is 0 Å². The normalized spacial score (nSPS) is 11.7. The predicted octanol–water partition coefficient (Wildman–Crippen LogP) is 3.20. The van der Waals surface area contributed by atoms with Gasteiger partial charge in [-0.1, -0.05) is 63.6 Å². The van der Waals surface area contributed by atoms with E-state index in [0.717, 1.165) is 19.3 Å². The molecule has 17 heavy (non-hydrogen) atoms. The Morgan fingerprint density at radius 1 is 1.06 bits per heavy atom. The third-order valence-electron chi connectivity index (χ3n) is 2.52. The monoisotopic (exact) mass is 267 g/mol. The van der Waals surface area contributed by atoms with Gasteiger partial charge >= 0.3 is 5.25 Å². The molecule has 0 bridgehead atoms. The summed E-state index contributed by atoms with van der Waals surface area (Å²) < 4.78 is 25.1. The van der Waals surface area contributed by atoms with Gasteiger partial charge in [-0.2, -0.15) is 8.78 Å². The molecule has 102 valence electrons. The Labute approximate surface area is 106 Å². The number of alkyl halides is 2. The van der Waals surface area contributed by atoms with Crippen molar-refractivity contribution in [1.82, 2.24) is 0 Å². The second-order valence-corrected chi connectivity index (χ2v) is 5.34. The zero-order chi connectivity index (χ0) is 13.1. The Bertz CT molecular complexity index is 211. The number of rotatable bonds is 11. The summed E-state index contributed by atoms with van der Waals surface area (Å²) in [5.41, 5.74) is 0. The molecule has 0 spiro atoms. The summed E-state index contributed by atoms with van der Waals surface area (Å²) >= 11 is 0.163. The van der Waals surface area contributed by atoms with E-state index in [1.54, 1.807) is 0 Å². The van der Waals surface area contributed by atoms with E-state index in [1.807, 2.05) is 0 Å². The van der Waals surface area contributed by atoms with Gasteiger partial charge < -0.3 is 9.90 Å². The van der Waals surface area contributed by atoms with Crippen molar-refractivity contribution in [2.24, 2.45) is 0 Å². The summed E-state index contributed by atoms with van der Waals surface area (Å²) in [6.45, 7) is 2.16. The van der Waals surface area contributed by atoms with E-state index in [0.29, 0.717) is 6.42 Å². The second-order valence-electron chi connectivity index (χ2n) is 4.13. The van der Waals surface area contributed by atoms with Crippen molar-refractivity contribution < 1.29 is 18.7 Å². The van der Waals surface area contributed by atoms with Gasteiger partial charge in [0.25, 0.3) is 0 Å². The molecule has 0 aromatic heterocycles. The molecule has 2 nitrogen and oxygen atoms in total. The van der Waals surface area contributed by atoms with E-state index in [2.05, 4.69) is 6.92 Å². The molecule has 0 saturated heterocycles. The van der Waals surface area contributed by atoms with Crippen molar-refractivity contribution in [3.8, 4) is 0 Å². The van der Waals surface area contributed by atoms with Crippen molar-refractivity contribution in [3.05, 3.63) is 0 Å². The Kier molecular flexibility index (Phi) is 9.50. The van der Waals surface area contributed by atoms with E-state index in [-0.39, 0.29) is 17.5 Å². The summed E-state index contributed by atoms with van der Waals surface area (Å²) in [5.74, 6) is -2.11. The van der Waals surface area contributed by atoms with Crippen LogP contribution in [0.25, 0.3) is 0 Å². The van der Waals surface area contributed by atoms with Crippen molar-refractivity contribution in [2.45, 2.75) is 63.5 Å². The minimum Gasteiger partial charge on any atom is -0.543 e. The van der Waals surface area contributed by atoms with Crippen LogP contribution in [0.1, 0.15) is 58.3 Å². The second kappa shape index (κ2) is 9.68. The van der Waals surface area contributed by atoms with Gasteiger partial charge in [-0.25, -0.2) is 0 Å². The lowest BCUT2D eigenvalue weighted by Gasteiger charge is -2.15. The number of aliphatic carboxylic acids is 1. The molecule has 0 saturated carbocycles. The quantitative estimate of drug-likeness (QED) is 0.540. The van der Waals surface area contributed by atoms with Gasteiger partial charge in [-0.05, 0) is 12.2 Å². The molecule has 0 aromatic rings. The largest absolute Gasteiger partial charge is 0.543 e. The number of unbranched alkanes of at least 4 members (excludes halogenated alkanes) is 7. The minimum absolute atomic E-state index is 0.163. The molecule has 0 aliphatic heterocycles. The van der Waals surface area contributed by atoms with Crippen LogP contribution in [0.3, 0.4) is 0 Å². The highest BCUT2D eigenvalue weighted by Crippen LogP contribution is 2.29. The fourth-order valence-electron chi connectivity index (χ4n) is 1.50. The molecule has 0 heterocycles. The number of carboxylic acids is 1. The van der Waals surface area contributed by atoms with Crippen LogP contribution in [0, 0.1) is 0 Å². The summed E-state index contributed by atoms with van der Waals surface area (Å²) in [6, 6.07) is 0. The van der Waals surface area contributed by atoms with Crippen LogP contribution in [0.2, 0.25) is 0 Å². The third kappa shape index (κ3) is 9.39. The molecular formula is C12H21F2O2S-. The Morgan fingerprint density at radius 3 is 2.00 bits per heavy atom.